The van der Waals surface area contributed by atoms with Crippen molar-refractivity contribution in [2.45, 2.75) is 11.8 Å². The van der Waals surface area contributed by atoms with E-state index in [2.05, 4.69) is 25.9 Å². The van der Waals surface area contributed by atoms with E-state index in [0.717, 1.165) is 10.0 Å². The summed E-state index contributed by atoms with van der Waals surface area (Å²) in [5, 5.41) is 3.96. The van der Waals surface area contributed by atoms with Crippen LogP contribution in [0.15, 0.2) is 63.0 Å². The number of rotatable bonds is 5. The highest BCUT2D eigenvalue weighted by atomic mass is 79.9. The fourth-order valence-corrected chi connectivity index (χ4v) is 2.92. The average molecular weight is 383 g/mol. The van der Waals surface area contributed by atoms with Crippen molar-refractivity contribution in [3.05, 3.63) is 58.6 Å². The number of sulfonamides is 1. The monoisotopic (exact) mass is 382 g/mol. The number of nitrogens with zero attached hydrogens (tertiary/aromatic N) is 1. The molecule has 116 valence electrons. The minimum absolute atomic E-state index is 0.146. The molecular formula is C15H15BrN2O3S. The molecule has 0 bridgehead atoms. The van der Waals surface area contributed by atoms with Gasteiger partial charge in [0.2, 0.25) is 0 Å². The minimum atomic E-state index is -3.70. The number of hydrogen-bond acceptors (Lipinski definition) is 4. The summed E-state index contributed by atoms with van der Waals surface area (Å²) in [6.45, 7) is 1.71. The summed E-state index contributed by atoms with van der Waals surface area (Å²) < 4.78 is 30.4. The van der Waals surface area contributed by atoms with Crippen LogP contribution in [0.3, 0.4) is 0 Å². The van der Waals surface area contributed by atoms with Crippen LogP contribution in [0, 0.1) is 0 Å². The van der Waals surface area contributed by atoms with E-state index in [1.165, 1.54) is 12.1 Å². The number of methoxy groups -OCH3 is 1. The van der Waals surface area contributed by atoms with Gasteiger partial charge in [0, 0.05) is 10.0 Å². The topological polar surface area (TPSA) is 67.8 Å². The molecule has 0 heterocycles. The predicted octanol–water partition coefficient (Wildman–Crippen LogP) is 3.16. The van der Waals surface area contributed by atoms with Gasteiger partial charge in [-0.05, 0) is 43.3 Å². The van der Waals surface area contributed by atoms with Crippen molar-refractivity contribution in [1.29, 1.82) is 0 Å². The van der Waals surface area contributed by atoms with E-state index in [4.69, 9.17) is 4.74 Å². The number of benzene rings is 2. The van der Waals surface area contributed by atoms with Gasteiger partial charge in [-0.2, -0.15) is 18.4 Å². The van der Waals surface area contributed by atoms with Crippen molar-refractivity contribution < 1.29 is 13.2 Å². The number of nitrogens with one attached hydrogen (secondary N) is 1. The third-order valence-electron chi connectivity index (χ3n) is 2.95. The van der Waals surface area contributed by atoms with E-state index in [0.29, 0.717) is 11.5 Å². The zero-order chi connectivity index (χ0) is 16.2. The maximum atomic E-state index is 12.2. The summed E-state index contributed by atoms with van der Waals surface area (Å²) >= 11 is 3.26. The lowest BCUT2D eigenvalue weighted by molar-refractivity contribution is 0.414. The van der Waals surface area contributed by atoms with Crippen molar-refractivity contribution in [2.24, 2.45) is 5.10 Å². The van der Waals surface area contributed by atoms with Crippen LogP contribution >= 0.6 is 15.9 Å². The molecule has 7 heteroatoms. The molecule has 0 aromatic heterocycles. The van der Waals surface area contributed by atoms with E-state index < -0.39 is 10.0 Å². The van der Waals surface area contributed by atoms with Crippen molar-refractivity contribution in [3.63, 3.8) is 0 Å². The van der Waals surface area contributed by atoms with E-state index in [1.54, 1.807) is 32.2 Å². The first-order valence-corrected chi connectivity index (χ1v) is 8.67. The highest BCUT2D eigenvalue weighted by molar-refractivity contribution is 9.10. The Balaban J connectivity index is 2.25. The zero-order valence-electron chi connectivity index (χ0n) is 12.1. The minimum Gasteiger partial charge on any atom is -0.496 e. The Morgan fingerprint density at radius 1 is 1.14 bits per heavy atom. The Bertz CT molecular complexity index is 787. The quantitative estimate of drug-likeness (QED) is 0.637. The molecule has 0 saturated carbocycles. The van der Waals surface area contributed by atoms with E-state index in [1.807, 2.05) is 18.2 Å². The van der Waals surface area contributed by atoms with Gasteiger partial charge in [0.25, 0.3) is 10.0 Å². The molecule has 0 unspecified atom stereocenters. The molecule has 0 atom stereocenters. The summed E-state index contributed by atoms with van der Waals surface area (Å²) in [5.41, 5.74) is 1.24. The second kappa shape index (κ2) is 6.93. The summed E-state index contributed by atoms with van der Waals surface area (Å²) in [4.78, 5) is 2.38. The third kappa shape index (κ3) is 3.86. The van der Waals surface area contributed by atoms with Gasteiger partial charge in [-0.3, -0.25) is 0 Å². The predicted molar refractivity (Wildman–Crippen MR) is 89.7 cm³/mol. The van der Waals surface area contributed by atoms with Crippen molar-refractivity contribution >= 4 is 31.7 Å². The lowest BCUT2D eigenvalue weighted by atomic mass is 10.1. The van der Waals surface area contributed by atoms with Gasteiger partial charge in [-0.1, -0.05) is 28.1 Å². The fourth-order valence-electron chi connectivity index (χ4n) is 1.80. The van der Waals surface area contributed by atoms with Gasteiger partial charge in [-0.15, -0.1) is 0 Å². The summed E-state index contributed by atoms with van der Waals surface area (Å²) in [6, 6.07) is 13.6. The maximum absolute atomic E-state index is 12.2. The van der Waals surface area contributed by atoms with Gasteiger partial charge in [0.05, 0.1) is 17.7 Å². The second-order valence-electron chi connectivity index (χ2n) is 4.45. The number of halogens is 1. The number of ether oxygens (including phenoxy) is 1. The Kier molecular flexibility index (Phi) is 5.20. The van der Waals surface area contributed by atoms with Crippen molar-refractivity contribution in [1.82, 2.24) is 4.83 Å². The van der Waals surface area contributed by atoms with Crippen LogP contribution in [0.1, 0.15) is 12.5 Å². The van der Waals surface area contributed by atoms with E-state index >= 15 is 0 Å². The van der Waals surface area contributed by atoms with E-state index in [9.17, 15) is 8.42 Å². The van der Waals surface area contributed by atoms with Crippen LogP contribution in [0.25, 0.3) is 0 Å². The first-order chi connectivity index (χ1) is 10.4. The summed E-state index contributed by atoms with van der Waals surface area (Å²) in [7, 11) is -2.15. The molecule has 1 N–H and O–H groups in total. The van der Waals surface area contributed by atoms with E-state index in [-0.39, 0.29) is 4.90 Å². The molecule has 2 rings (SSSR count). The lowest BCUT2D eigenvalue weighted by Crippen LogP contribution is -2.20. The molecule has 0 aliphatic heterocycles. The fraction of sp³-hybridized carbons (Fsp3) is 0.133. The molecule has 2 aromatic rings. The van der Waals surface area contributed by atoms with Gasteiger partial charge in [0.15, 0.2) is 0 Å². The molecule has 2 aromatic carbocycles. The number of para-hydroxylation sites is 1. The zero-order valence-corrected chi connectivity index (χ0v) is 14.5. The molecule has 0 aliphatic carbocycles. The first-order valence-electron chi connectivity index (χ1n) is 6.39. The molecule has 0 aliphatic rings. The lowest BCUT2D eigenvalue weighted by Gasteiger charge is -2.08. The van der Waals surface area contributed by atoms with Gasteiger partial charge >= 0.3 is 0 Å². The van der Waals surface area contributed by atoms with Crippen LogP contribution in [0.2, 0.25) is 0 Å². The number of hydrazone groups is 1. The molecule has 0 amide bonds. The number of hydrogen-bond donors (Lipinski definition) is 1. The highest BCUT2D eigenvalue weighted by Crippen LogP contribution is 2.18. The Morgan fingerprint density at radius 3 is 2.41 bits per heavy atom. The van der Waals surface area contributed by atoms with Crippen LogP contribution in [-0.4, -0.2) is 21.2 Å². The largest absolute Gasteiger partial charge is 0.496 e. The van der Waals surface area contributed by atoms with Gasteiger partial charge in [0.1, 0.15) is 5.75 Å². The highest BCUT2D eigenvalue weighted by Gasteiger charge is 2.13. The van der Waals surface area contributed by atoms with Crippen LogP contribution < -0.4 is 9.57 Å². The molecule has 0 saturated heterocycles. The maximum Gasteiger partial charge on any atom is 0.276 e. The van der Waals surface area contributed by atoms with Crippen molar-refractivity contribution in [3.8, 4) is 5.75 Å². The molecule has 0 spiro atoms. The van der Waals surface area contributed by atoms with Crippen LogP contribution in [0.4, 0.5) is 0 Å². The van der Waals surface area contributed by atoms with Gasteiger partial charge < -0.3 is 4.74 Å². The average Bonchev–Trinajstić information content (AvgIpc) is 2.53. The smallest absolute Gasteiger partial charge is 0.276 e. The normalized spacial score (nSPS) is 12.0. The molecule has 0 fully saturated rings. The third-order valence-corrected chi connectivity index (χ3v) is 4.71. The standard InChI is InChI=1S/C15H15BrN2O3S/c1-11(14-5-3-4-6-15(14)21-2)17-18-22(19,20)13-9-7-12(16)8-10-13/h3-10,18H,1-2H3/b17-11-. The van der Waals surface area contributed by atoms with Crippen LogP contribution in [-0.2, 0) is 10.0 Å². The van der Waals surface area contributed by atoms with Crippen LogP contribution in [0.5, 0.6) is 5.75 Å². The summed E-state index contributed by atoms with van der Waals surface area (Å²) in [5.74, 6) is 0.631. The van der Waals surface area contributed by atoms with Gasteiger partial charge in [-0.25, -0.2) is 0 Å². The molecule has 5 nitrogen and oxygen atoms in total. The molecular weight excluding hydrogens is 368 g/mol. The molecule has 22 heavy (non-hydrogen) atoms. The Labute approximate surface area is 138 Å². The molecule has 0 radical (unpaired) electrons. The summed E-state index contributed by atoms with van der Waals surface area (Å²) in [6.07, 6.45) is 0. The SMILES string of the molecule is COc1ccccc1/C(C)=N\NS(=O)(=O)c1ccc(Br)cc1. The van der Waals surface area contributed by atoms with Crippen molar-refractivity contribution in [2.75, 3.05) is 7.11 Å². The first kappa shape index (κ1) is 16.5. The Morgan fingerprint density at radius 2 is 1.77 bits per heavy atom. The second-order valence-corrected chi connectivity index (χ2v) is 7.02. The Hall–Kier alpha value is -1.86.